The minimum atomic E-state index is 0.456. The van der Waals surface area contributed by atoms with Gasteiger partial charge >= 0.3 is 0 Å². The van der Waals surface area contributed by atoms with E-state index in [-0.39, 0.29) is 0 Å². The molecule has 0 spiro atoms. The first-order valence-corrected chi connectivity index (χ1v) is 12.8. The van der Waals surface area contributed by atoms with Gasteiger partial charge in [-0.3, -0.25) is 0 Å². The average Bonchev–Trinajstić information content (AvgIpc) is 2.81. The van der Waals surface area contributed by atoms with Gasteiger partial charge in [-0.1, -0.05) is 96.5 Å². The molecule has 0 radical (unpaired) electrons. The molecule has 170 valence electrons. The first kappa shape index (κ1) is 24.3. The van der Waals surface area contributed by atoms with Gasteiger partial charge < -0.3 is 0 Å². The lowest BCUT2D eigenvalue weighted by molar-refractivity contribution is 0.868. The van der Waals surface area contributed by atoms with Crippen LogP contribution in [0.4, 0.5) is 0 Å². The zero-order valence-electron chi connectivity index (χ0n) is 21.7. The van der Waals surface area contributed by atoms with Crippen molar-refractivity contribution in [3.63, 3.8) is 0 Å². The third-order valence-electron chi connectivity index (χ3n) is 6.96. The summed E-state index contributed by atoms with van der Waals surface area (Å²) in [6.07, 6.45) is 5.38. The molecule has 0 aliphatic carbocycles. The summed E-state index contributed by atoms with van der Waals surface area (Å²) in [4.78, 5) is 0. The molecule has 0 unspecified atom stereocenters. The summed E-state index contributed by atoms with van der Waals surface area (Å²) in [6.45, 7) is 18.4. The van der Waals surface area contributed by atoms with Gasteiger partial charge in [-0.15, -0.1) is 0 Å². The van der Waals surface area contributed by atoms with Crippen LogP contribution in [0, 0.1) is 6.92 Å². The highest BCUT2D eigenvalue weighted by Gasteiger charge is 2.21. The lowest BCUT2D eigenvalue weighted by atomic mass is 9.79. The van der Waals surface area contributed by atoms with Crippen molar-refractivity contribution < 1.29 is 0 Å². The van der Waals surface area contributed by atoms with Crippen LogP contribution in [0.5, 0.6) is 0 Å². The van der Waals surface area contributed by atoms with Crippen molar-refractivity contribution in [1.29, 1.82) is 0 Å². The van der Waals surface area contributed by atoms with Crippen molar-refractivity contribution >= 4 is 0 Å². The molecule has 32 heavy (non-hydrogen) atoms. The van der Waals surface area contributed by atoms with E-state index in [4.69, 9.17) is 0 Å². The second-order valence-corrected chi connectivity index (χ2v) is 9.44. The minimum absolute atomic E-state index is 0.456. The van der Waals surface area contributed by atoms with Crippen LogP contribution in [-0.4, -0.2) is 0 Å². The molecule has 0 amide bonds. The van der Waals surface area contributed by atoms with E-state index in [1.807, 2.05) is 0 Å². The number of benzene rings is 3. The highest BCUT2D eigenvalue weighted by Crippen LogP contribution is 2.43. The SMILES string of the molecule is CCc1cc(CC)c(-c2cccc(-c3c(CC)cc(C)cc3CC)c2C(C)C)c(CC)c1. The van der Waals surface area contributed by atoms with Crippen molar-refractivity contribution in [1.82, 2.24) is 0 Å². The third kappa shape index (κ3) is 4.56. The lowest BCUT2D eigenvalue weighted by Gasteiger charge is -2.25. The number of hydrogen-bond acceptors (Lipinski definition) is 0. The van der Waals surface area contributed by atoms with Gasteiger partial charge in [-0.2, -0.15) is 0 Å². The Morgan fingerprint density at radius 2 is 1.00 bits per heavy atom. The molecule has 0 saturated heterocycles. The molecule has 0 saturated carbocycles. The number of hydrogen-bond donors (Lipinski definition) is 0. The smallest absolute Gasteiger partial charge is 0.0117 e. The quantitative estimate of drug-likeness (QED) is 0.336. The maximum Gasteiger partial charge on any atom is -0.0117 e. The van der Waals surface area contributed by atoms with Crippen LogP contribution in [0.25, 0.3) is 22.3 Å². The molecule has 0 aliphatic rings. The van der Waals surface area contributed by atoms with Gasteiger partial charge in [0.2, 0.25) is 0 Å². The Hall–Kier alpha value is -2.34. The molecule has 0 fully saturated rings. The highest BCUT2D eigenvalue weighted by molar-refractivity contribution is 5.85. The molecule has 0 atom stereocenters. The van der Waals surface area contributed by atoms with Gasteiger partial charge in [0.25, 0.3) is 0 Å². The van der Waals surface area contributed by atoms with E-state index >= 15 is 0 Å². The summed E-state index contributed by atoms with van der Waals surface area (Å²) in [5.74, 6) is 0.456. The third-order valence-corrected chi connectivity index (χ3v) is 6.96. The maximum atomic E-state index is 2.45. The zero-order chi connectivity index (χ0) is 23.4. The average molecular weight is 427 g/mol. The topological polar surface area (TPSA) is 0 Å². The predicted octanol–water partition coefficient (Wildman–Crippen LogP) is 9.26. The fraction of sp³-hybridized carbons (Fsp3) is 0.438. The molecule has 0 nitrogen and oxygen atoms in total. The van der Waals surface area contributed by atoms with Gasteiger partial charge in [0, 0.05) is 0 Å². The highest BCUT2D eigenvalue weighted by atomic mass is 14.3. The Kier molecular flexibility index (Phi) is 7.99. The summed E-state index contributed by atoms with van der Waals surface area (Å²) < 4.78 is 0. The first-order valence-electron chi connectivity index (χ1n) is 12.8. The van der Waals surface area contributed by atoms with Crippen LogP contribution in [0.2, 0.25) is 0 Å². The molecular formula is C32H42. The van der Waals surface area contributed by atoms with Crippen LogP contribution in [-0.2, 0) is 32.1 Å². The van der Waals surface area contributed by atoms with Crippen molar-refractivity contribution in [3.8, 4) is 22.3 Å². The fourth-order valence-corrected chi connectivity index (χ4v) is 5.42. The van der Waals surface area contributed by atoms with E-state index < -0.39 is 0 Å². The van der Waals surface area contributed by atoms with Crippen LogP contribution in [0.15, 0.2) is 42.5 Å². The molecule has 0 aromatic heterocycles. The monoisotopic (exact) mass is 426 g/mol. The Balaban J connectivity index is 2.42. The normalized spacial score (nSPS) is 11.4. The van der Waals surface area contributed by atoms with Gasteiger partial charge in [0.05, 0.1) is 0 Å². The van der Waals surface area contributed by atoms with E-state index in [2.05, 4.69) is 97.9 Å². The molecule has 0 heteroatoms. The molecule has 3 rings (SSSR count). The zero-order valence-corrected chi connectivity index (χ0v) is 21.7. The summed E-state index contributed by atoms with van der Waals surface area (Å²) in [6, 6.07) is 16.7. The molecule has 0 heterocycles. The Bertz CT molecular complexity index is 1030. The molecule has 0 aliphatic heterocycles. The van der Waals surface area contributed by atoms with Crippen LogP contribution < -0.4 is 0 Å². The molecule has 3 aromatic rings. The fourth-order valence-electron chi connectivity index (χ4n) is 5.42. The standard InChI is InChI=1S/C32H42/c1-9-23-19-26(12-4)32(27(13-5)20-23)29-16-14-15-28(30(29)21(6)7)31-24(10-2)17-22(8)18-25(31)11-3/h14-21H,9-13H2,1-8H3. The van der Waals surface area contributed by atoms with Crippen molar-refractivity contribution in [2.24, 2.45) is 0 Å². The number of aryl methyl sites for hydroxylation is 6. The van der Waals surface area contributed by atoms with Crippen LogP contribution in [0.3, 0.4) is 0 Å². The van der Waals surface area contributed by atoms with E-state index in [1.54, 1.807) is 0 Å². The van der Waals surface area contributed by atoms with Crippen molar-refractivity contribution in [2.45, 2.75) is 93.4 Å². The van der Waals surface area contributed by atoms with Crippen LogP contribution >= 0.6 is 0 Å². The second-order valence-electron chi connectivity index (χ2n) is 9.44. The number of rotatable bonds is 8. The van der Waals surface area contributed by atoms with E-state index in [0.29, 0.717) is 5.92 Å². The van der Waals surface area contributed by atoms with Crippen molar-refractivity contribution in [2.75, 3.05) is 0 Å². The molecule has 0 bridgehead atoms. The van der Waals surface area contributed by atoms with Crippen LogP contribution in [0.1, 0.15) is 93.3 Å². The molecule has 0 N–H and O–H groups in total. The summed E-state index contributed by atoms with van der Waals surface area (Å²) in [5.41, 5.74) is 16.1. The first-order chi connectivity index (χ1) is 15.4. The van der Waals surface area contributed by atoms with Gasteiger partial charge in [0.1, 0.15) is 0 Å². The van der Waals surface area contributed by atoms with Crippen molar-refractivity contribution in [3.05, 3.63) is 81.4 Å². The molecule has 3 aromatic carbocycles. The van der Waals surface area contributed by atoms with E-state index in [1.165, 1.54) is 61.2 Å². The van der Waals surface area contributed by atoms with Gasteiger partial charge in [-0.05, 0) is 101 Å². The Morgan fingerprint density at radius 1 is 0.594 bits per heavy atom. The van der Waals surface area contributed by atoms with Gasteiger partial charge in [0.15, 0.2) is 0 Å². The largest absolute Gasteiger partial charge is 0.0613 e. The van der Waals surface area contributed by atoms with E-state index in [0.717, 1.165) is 32.1 Å². The maximum absolute atomic E-state index is 2.45. The minimum Gasteiger partial charge on any atom is -0.0613 e. The van der Waals surface area contributed by atoms with E-state index in [9.17, 15) is 0 Å². The summed E-state index contributed by atoms with van der Waals surface area (Å²) >= 11 is 0. The molecular weight excluding hydrogens is 384 g/mol. The second kappa shape index (κ2) is 10.5. The van der Waals surface area contributed by atoms with Gasteiger partial charge in [-0.25, -0.2) is 0 Å². The predicted molar refractivity (Wildman–Crippen MR) is 143 cm³/mol. The summed E-state index contributed by atoms with van der Waals surface area (Å²) in [5, 5.41) is 0. The Labute approximate surface area is 197 Å². The summed E-state index contributed by atoms with van der Waals surface area (Å²) in [7, 11) is 0. The Morgan fingerprint density at radius 3 is 1.34 bits per heavy atom. The lowest BCUT2D eigenvalue weighted by Crippen LogP contribution is -2.05.